The van der Waals surface area contributed by atoms with E-state index in [1.165, 1.54) is 6.07 Å². The molecule has 3 aromatic rings. The number of carbonyl (C=O) groups excluding carboxylic acids is 1. The molecule has 1 aliphatic rings. The number of amidine groups is 1. The van der Waals surface area contributed by atoms with E-state index in [0.29, 0.717) is 11.4 Å². The summed E-state index contributed by atoms with van der Waals surface area (Å²) in [4.78, 5) is 21.0. The third-order valence-electron chi connectivity index (χ3n) is 4.73. The molecule has 0 aliphatic carbocycles. The van der Waals surface area contributed by atoms with Gasteiger partial charge in [0.1, 0.15) is 25.4 Å². The number of halogens is 3. The standard InChI is InChI=1S/C21H18ClF2N3O3/c22-17-10-13(4-5-19(17)29-14(11-23)12-24)21-25-20(26-30-21)16-2-1-3-18-15(16)6-7-27(18)8-9-28/h1-7,9-10,14,21H,8,11-12H2,(H,25,26). The smallest absolute Gasteiger partial charge is 0.202 e. The molecule has 1 unspecified atom stereocenters. The fourth-order valence-corrected chi connectivity index (χ4v) is 3.50. The second kappa shape index (κ2) is 8.81. The van der Waals surface area contributed by atoms with Crippen molar-refractivity contribution < 1.29 is 23.1 Å². The molecule has 1 N–H and O–H groups in total. The Kier molecular flexibility index (Phi) is 5.96. The second-order valence-corrected chi connectivity index (χ2v) is 7.07. The number of ether oxygens (including phenoxy) is 1. The Morgan fingerprint density at radius 3 is 2.83 bits per heavy atom. The van der Waals surface area contributed by atoms with Gasteiger partial charge in [-0.25, -0.2) is 24.1 Å². The molecule has 1 aromatic heterocycles. The number of hydroxylamine groups is 1. The van der Waals surface area contributed by atoms with Crippen LogP contribution in [-0.2, 0) is 16.2 Å². The number of hydrogen-bond donors (Lipinski definition) is 1. The average Bonchev–Trinajstić information content (AvgIpc) is 3.41. The van der Waals surface area contributed by atoms with Gasteiger partial charge in [-0.2, -0.15) is 0 Å². The van der Waals surface area contributed by atoms with Crippen LogP contribution in [0.3, 0.4) is 0 Å². The predicted octanol–water partition coefficient (Wildman–Crippen LogP) is 4.16. The van der Waals surface area contributed by atoms with Crippen LogP contribution in [0.1, 0.15) is 17.4 Å². The number of hydrogen-bond acceptors (Lipinski definition) is 5. The summed E-state index contributed by atoms with van der Waals surface area (Å²) >= 11 is 6.20. The van der Waals surface area contributed by atoms with Crippen LogP contribution >= 0.6 is 11.6 Å². The number of alkyl halides is 2. The highest BCUT2D eigenvalue weighted by Crippen LogP contribution is 2.32. The molecule has 1 aliphatic heterocycles. The number of aromatic nitrogens is 1. The van der Waals surface area contributed by atoms with Gasteiger partial charge < -0.3 is 14.1 Å². The maximum absolute atomic E-state index is 12.7. The van der Waals surface area contributed by atoms with Crippen LogP contribution in [0.5, 0.6) is 5.75 Å². The van der Waals surface area contributed by atoms with E-state index in [1.807, 2.05) is 35.0 Å². The summed E-state index contributed by atoms with van der Waals surface area (Å²) < 4.78 is 32.4. The van der Waals surface area contributed by atoms with Gasteiger partial charge >= 0.3 is 0 Å². The first kappa shape index (κ1) is 20.3. The zero-order chi connectivity index (χ0) is 21.1. The third kappa shape index (κ3) is 3.88. The fourth-order valence-electron chi connectivity index (χ4n) is 3.27. The molecular weight excluding hydrogens is 416 g/mol. The number of benzene rings is 2. The van der Waals surface area contributed by atoms with Gasteiger partial charge in [0.25, 0.3) is 0 Å². The maximum atomic E-state index is 12.7. The van der Waals surface area contributed by atoms with Crippen molar-refractivity contribution in [2.45, 2.75) is 18.9 Å². The first-order valence-electron chi connectivity index (χ1n) is 9.24. The van der Waals surface area contributed by atoms with Gasteiger partial charge in [0, 0.05) is 28.2 Å². The first-order valence-corrected chi connectivity index (χ1v) is 9.61. The topological polar surface area (TPSA) is 64.9 Å². The van der Waals surface area contributed by atoms with Crippen molar-refractivity contribution in [2.75, 3.05) is 13.3 Å². The van der Waals surface area contributed by atoms with E-state index in [4.69, 9.17) is 21.2 Å². The largest absolute Gasteiger partial charge is 0.483 e. The number of nitrogens with one attached hydrogen (secondary N) is 1. The van der Waals surface area contributed by atoms with E-state index in [2.05, 4.69) is 10.5 Å². The van der Waals surface area contributed by atoms with Crippen LogP contribution in [0.15, 0.2) is 53.7 Å². The molecule has 0 fully saturated rings. The monoisotopic (exact) mass is 433 g/mol. The van der Waals surface area contributed by atoms with E-state index >= 15 is 0 Å². The Bertz CT molecular complexity index is 1100. The summed E-state index contributed by atoms with van der Waals surface area (Å²) in [6, 6.07) is 12.4. The average molecular weight is 434 g/mol. The minimum absolute atomic E-state index is 0.192. The molecule has 0 saturated heterocycles. The number of fused-ring (bicyclic) bond motifs is 1. The van der Waals surface area contributed by atoms with Gasteiger partial charge in [-0.15, -0.1) is 0 Å². The number of nitrogens with zero attached hydrogens (tertiary/aromatic N) is 2. The van der Waals surface area contributed by atoms with E-state index < -0.39 is 25.7 Å². The van der Waals surface area contributed by atoms with Crippen molar-refractivity contribution in [1.82, 2.24) is 10.0 Å². The van der Waals surface area contributed by atoms with E-state index in [1.54, 1.807) is 12.1 Å². The quantitative estimate of drug-likeness (QED) is 0.542. The van der Waals surface area contributed by atoms with Crippen LogP contribution in [0.2, 0.25) is 5.02 Å². The van der Waals surface area contributed by atoms with Crippen molar-refractivity contribution in [3.63, 3.8) is 0 Å². The molecule has 9 heteroatoms. The molecule has 0 saturated carbocycles. The number of aldehydes is 1. The molecule has 0 radical (unpaired) electrons. The van der Waals surface area contributed by atoms with Gasteiger partial charge in [-0.05, 0) is 24.3 Å². The van der Waals surface area contributed by atoms with Gasteiger partial charge in [-0.1, -0.05) is 29.8 Å². The molecule has 0 spiro atoms. The maximum Gasteiger partial charge on any atom is 0.202 e. The van der Waals surface area contributed by atoms with Crippen LogP contribution < -0.4 is 10.2 Å². The summed E-state index contributed by atoms with van der Waals surface area (Å²) in [6.45, 7) is -1.62. The molecular formula is C21H18ClF2N3O3. The molecule has 4 rings (SSSR count). The Labute approximate surface area is 176 Å². The molecule has 2 aromatic carbocycles. The lowest BCUT2D eigenvalue weighted by Crippen LogP contribution is -2.21. The summed E-state index contributed by atoms with van der Waals surface area (Å²) in [5, 5.41) is 1.14. The Morgan fingerprint density at radius 1 is 1.27 bits per heavy atom. The van der Waals surface area contributed by atoms with Gasteiger partial charge in [0.05, 0.1) is 11.6 Å². The van der Waals surface area contributed by atoms with E-state index in [-0.39, 0.29) is 17.3 Å². The summed E-state index contributed by atoms with van der Waals surface area (Å²) in [5.41, 5.74) is 5.23. The number of carbonyl (C=O) groups is 1. The Balaban J connectivity index is 1.59. The lowest BCUT2D eigenvalue weighted by atomic mass is 10.1. The molecule has 30 heavy (non-hydrogen) atoms. The minimum Gasteiger partial charge on any atom is -0.483 e. The summed E-state index contributed by atoms with van der Waals surface area (Å²) in [5.74, 6) is 0.734. The van der Waals surface area contributed by atoms with Crippen LogP contribution in [0.4, 0.5) is 8.78 Å². The summed E-state index contributed by atoms with van der Waals surface area (Å²) in [7, 11) is 0. The zero-order valence-corrected chi connectivity index (χ0v) is 16.5. The lowest BCUT2D eigenvalue weighted by molar-refractivity contribution is -0.108. The second-order valence-electron chi connectivity index (χ2n) is 6.66. The molecule has 2 heterocycles. The molecule has 156 valence electrons. The van der Waals surface area contributed by atoms with E-state index in [0.717, 1.165) is 22.8 Å². The van der Waals surface area contributed by atoms with Crippen LogP contribution in [-0.4, -0.2) is 36.1 Å². The highest BCUT2D eigenvalue weighted by Gasteiger charge is 2.24. The highest BCUT2D eigenvalue weighted by atomic mass is 35.5. The van der Waals surface area contributed by atoms with Crippen molar-refractivity contribution in [3.05, 3.63) is 64.8 Å². The van der Waals surface area contributed by atoms with Crippen LogP contribution in [0.25, 0.3) is 10.9 Å². The van der Waals surface area contributed by atoms with Gasteiger partial charge in [-0.3, -0.25) is 0 Å². The normalized spacial score (nSPS) is 16.0. The van der Waals surface area contributed by atoms with E-state index in [9.17, 15) is 13.6 Å². The Morgan fingerprint density at radius 2 is 2.10 bits per heavy atom. The lowest BCUT2D eigenvalue weighted by Gasteiger charge is -2.15. The third-order valence-corrected chi connectivity index (χ3v) is 5.03. The van der Waals surface area contributed by atoms with Crippen molar-refractivity contribution in [3.8, 4) is 5.75 Å². The molecule has 0 bridgehead atoms. The Hall–Kier alpha value is -2.97. The van der Waals surface area contributed by atoms with Crippen molar-refractivity contribution >= 4 is 34.6 Å². The van der Waals surface area contributed by atoms with Crippen LogP contribution in [0, 0.1) is 0 Å². The molecule has 6 nitrogen and oxygen atoms in total. The van der Waals surface area contributed by atoms with Crippen molar-refractivity contribution in [1.29, 1.82) is 0 Å². The number of aliphatic imine (C=N–C) groups is 1. The number of rotatable bonds is 8. The predicted molar refractivity (Wildman–Crippen MR) is 109 cm³/mol. The minimum atomic E-state index is -1.19. The highest BCUT2D eigenvalue weighted by molar-refractivity contribution is 6.32. The fraction of sp³-hybridized carbons (Fsp3) is 0.238. The van der Waals surface area contributed by atoms with Crippen molar-refractivity contribution in [2.24, 2.45) is 4.99 Å². The SMILES string of the molecule is O=CCn1ccc2c(C3=NC(c4ccc(OC(CF)CF)c(Cl)c4)ON3)cccc21. The first-order chi connectivity index (χ1) is 14.6. The molecule has 1 atom stereocenters. The molecule has 0 amide bonds. The summed E-state index contributed by atoms with van der Waals surface area (Å²) in [6.07, 6.45) is 0.847. The van der Waals surface area contributed by atoms with Gasteiger partial charge in [0.2, 0.25) is 6.23 Å². The zero-order valence-electron chi connectivity index (χ0n) is 15.7. The van der Waals surface area contributed by atoms with Gasteiger partial charge in [0.15, 0.2) is 11.9 Å².